The first-order valence-corrected chi connectivity index (χ1v) is 36.3. The first-order valence-electron chi connectivity index (χ1n) is 36.3. The zero-order chi connectivity index (χ0) is 74.8. The van der Waals surface area contributed by atoms with Crippen molar-refractivity contribution in [3.05, 3.63) is 359 Å². The van der Waals surface area contributed by atoms with E-state index in [1.165, 1.54) is 12.1 Å². The Labute approximate surface area is 633 Å². The lowest BCUT2D eigenvalue weighted by Gasteiger charge is -2.51. The van der Waals surface area contributed by atoms with Crippen molar-refractivity contribution in [2.45, 2.75) is 132 Å². The Kier molecular flexibility index (Phi) is 27.9. The molecule has 3 saturated heterocycles. The van der Waals surface area contributed by atoms with Gasteiger partial charge in [0.25, 0.3) is 0 Å². The number of carbonyl (C=O) groups excluding carboxylic acids is 4. The zero-order valence-corrected chi connectivity index (χ0v) is 60.1. The number of rotatable bonds is 34. The average molecular weight is 1480 g/mol. The van der Waals surface area contributed by atoms with Crippen molar-refractivity contribution in [1.82, 2.24) is 0 Å². The first kappa shape index (κ1) is 76.8. The average Bonchev–Trinajstić information content (AvgIpc) is 0.759. The van der Waals surface area contributed by atoms with E-state index in [0.717, 1.165) is 33.4 Å². The Hall–Kier alpha value is -10.4. The molecule has 15 atom stereocenters. The summed E-state index contributed by atoms with van der Waals surface area (Å²) < 4.78 is 111. The van der Waals surface area contributed by atoms with Crippen LogP contribution < -0.4 is 0 Å². The number of hydrogen-bond donors (Lipinski definition) is 0. The molecule has 0 N–H and O–H groups in total. The molecule has 3 heterocycles. The molecule has 3 aliphatic heterocycles. The highest BCUT2D eigenvalue weighted by Crippen LogP contribution is 2.40. The quantitative estimate of drug-likeness (QED) is 0.0271. The van der Waals surface area contributed by atoms with Gasteiger partial charge in [-0.2, -0.15) is 0 Å². The minimum absolute atomic E-state index is 0.0484. The minimum Gasteiger partial charge on any atom is -0.459 e. The smallest absolute Gasteiger partial charge is 0.338 e. The topological polar surface area (TPSA) is 216 Å². The lowest BCUT2D eigenvalue weighted by atomic mass is 9.94. The number of hydrogen-bond acceptors (Lipinski definition) is 20. The molecule has 0 amide bonds. The van der Waals surface area contributed by atoms with Crippen LogP contribution in [0.15, 0.2) is 303 Å². The van der Waals surface area contributed by atoms with Gasteiger partial charge in [0.15, 0.2) is 37.2 Å². The molecule has 0 saturated carbocycles. The molecule has 13 rings (SSSR count). The van der Waals surface area contributed by atoms with Crippen molar-refractivity contribution in [1.29, 1.82) is 0 Å². The molecule has 562 valence electrons. The van der Waals surface area contributed by atoms with Crippen LogP contribution in [-0.4, -0.2) is 143 Å². The second-order valence-corrected chi connectivity index (χ2v) is 26.3. The molecule has 0 bridgehead atoms. The third kappa shape index (κ3) is 21.3. The molecule has 20 nitrogen and oxygen atoms in total. The van der Waals surface area contributed by atoms with Crippen LogP contribution in [0.2, 0.25) is 0 Å². The molecular formula is C89H86O20. The predicted molar refractivity (Wildman–Crippen MR) is 399 cm³/mol. The van der Waals surface area contributed by atoms with E-state index >= 15 is 9.59 Å². The first-order chi connectivity index (χ1) is 53.7. The molecule has 0 unspecified atom stereocenters. The number of carbonyl (C=O) groups is 4. The van der Waals surface area contributed by atoms with Gasteiger partial charge >= 0.3 is 23.9 Å². The van der Waals surface area contributed by atoms with Gasteiger partial charge in [-0.3, -0.25) is 0 Å². The van der Waals surface area contributed by atoms with E-state index in [9.17, 15) is 9.59 Å². The lowest BCUT2D eigenvalue weighted by Crippen LogP contribution is -2.68. The highest BCUT2D eigenvalue weighted by molar-refractivity contribution is 5.91. The molecule has 10 aromatic rings. The molecular weight excluding hydrogens is 1390 g/mol. The molecule has 0 aliphatic carbocycles. The standard InChI is InChI=1S/C89H86O20/c1-94-87-80(99-56-65-40-20-6-21-41-65)77(97-54-63-36-16-4-17-37-63)74(71(102-87)58-95-52-61-32-12-2-13-33-61)108-88-81(100-57-66-42-22-7-23-43-66)78(98-55-64-38-18-5-19-39-64)75(72(103-88)59-96-53-62-34-14-3-15-35-62)109-89-82(107-86(93)70-50-30-11-31-51-70)79(106-85(92)69-48-28-10-29-49-69)76(105-84(91)68-46-26-9-27-47-68)73(104-89)60-101-83(90)67-44-24-8-25-45-67/h2-51,71-82,87-89H,52-60H2,1H3/t71-,72-,73-,74-,75-,76-,77+,78+,79+,80-,81-,82-,87+,88-,89+/m1/s1. The van der Waals surface area contributed by atoms with Gasteiger partial charge in [0.05, 0.1) is 75.1 Å². The van der Waals surface area contributed by atoms with Crippen LogP contribution in [0.1, 0.15) is 74.8 Å². The molecule has 0 aromatic heterocycles. The predicted octanol–water partition coefficient (Wildman–Crippen LogP) is 13.9. The molecule has 0 spiro atoms. The molecule has 10 aromatic carbocycles. The second kappa shape index (κ2) is 39.6. The third-order valence-electron chi connectivity index (χ3n) is 18.7. The Bertz CT molecular complexity index is 4350. The van der Waals surface area contributed by atoms with Gasteiger partial charge in [-0.05, 0) is 81.9 Å². The van der Waals surface area contributed by atoms with Gasteiger partial charge in [-0.1, -0.05) is 255 Å². The summed E-state index contributed by atoms with van der Waals surface area (Å²) in [7, 11) is 1.54. The van der Waals surface area contributed by atoms with E-state index in [0.29, 0.717) is 0 Å². The Morgan fingerprint density at radius 1 is 0.257 bits per heavy atom. The van der Waals surface area contributed by atoms with Crippen LogP contribution in [0, 0.1) is 0 Å². The number of methoxy groups -OCH3 is 1. The molecule has 109 heavy (non-hydrogen) atoms. The van der Waals surface area contributed by atoms with Crippen LogP contribution in [0.4, 0.5) is 0 Å². The normalized spacial score (nSPS) is 23.9. The highest BCUT2D eigenvalue weighted by atomic mass is 16.8. The second-order valence-electron chi connectivity index (χ2n) is 26.3. The van der Waals surface area contributed by atoms with Crippen molar-refractivity contribution in [2.24, 2.45) is 0 Å². The van der Waals surface area contributed by atoms with Crippen molar-refractivity contribution in [3.8, 4) is 0 Å². The van der Waals surface area contributed by atoms with Gasteiger partial charge in [0.1, 0.15) is 61.5 Å². The van der Waals surface area contributed by atoms with E-state index in [2.05, 4.69) is 0 Å². The van der Waals surface area contributed by atoms with E-state index in [1.807, 2.05) is 182 Å². The van der Waals surface area contributed by atoms with Crippen LogP contribution in [0.3, 0.4) is 0 Å². The van der Waals surface area contributed by atoms with Gasteiger partial charge in [0, 0.05) is 7.11 Å². The summed E-state index contributed by atoms with van der Waals surface area (Å²) in [6.45, 7) is -0.573. The Morgan fingerprint density at radius 3 is 0.853 bits per heavy atom. The number of ether oxygens (including phenoxy) is 16. The van der Waals surface area contributed by atoms with Crippen molar-refractivity contribution < 1.29 is 95.0 Å². The summed E-state index contributed by atoms with van der Waals surface area (Å²) in [4.78, 5) is 59.1. The fourth-order valence-corrected chi connectivity index (χ4v) is 13.1. The van der Waals surface area contributed by atoms with Gasteiger partial charge in [0.2, 0.25) is 0 Å². The maximum absolute atomic E-state index is 15.1. The molecule has 3 fully saturated rings. The lowest BCUT2D eigenvalue weighted by molar-refractivity contribution is -0.390. The van der Waals surface area contributed by atoms with Crippen molar-refractivity contribution in [3.63, 3.8) is 0 Å². The third-order valence-corrected chi connectivity index (χ3v) is 18.7. The van der Waals surface area contributed by atoms with Gasteiger partial charge in [-0.25, -0.2) is 19.2 Å². The van der Waals surface area contributed by atoms with Crippen LogP contribution in [-0.2, 0) is 115 Å². The van der Waals surface area contributed by atoms with Crippen LogP contribution >= 0.6 is 0 Å². The van der Waals surface area contributed by atoms with Gasteiger partial charge in [-0.15, -0.1) is 0 Å². The van der Waals surface area contributed by atoms with Crippen molar-refractivity contribution >= 4 is 23.9 Å². The summed E-state index contributed by atoms with van der Waals surface area (Å²) in [6.07, 6.45) is -20.8. The highest BCUT2D eigenvalue weighted by Gasteiger charge is 2.59. The largest absolute Gasteiger partial charge is 0.459 e. The van der Waals surface area contributed by atoms with Crippen LogP contribution in [0.5, 0.6) is 0 Å². The zero-order valence-electron chi connectivity index (χ0n) is 60.1. The molecule has 20 heteroatoms. The van der Waals surface area contributed by atoms with E-state index in [4.69, 9.17) is 75.8 Å². The van der Waals surface area contributed by atoms with E-state index < -0.39 is 123 Å². The molecule has 0 radical (unpaired) electrons. The number of esters is 4. The summed E-state index contributed by atoms with van der Waals surface area (Å²) in [6, 6.07) is 90.4. The summed E-state index contributed by atoms with van der Waals surface area (Å²) in [5.74, 6) is -3.48. The monoisotopic (exact) mass is 1470 g/mol. The fraction of sp³-hybridized carbons (Fsp3) is 0.281. The SMILES string of the molecule is CO[C@H]1O[C@H](COCc2ccccc2)[C@@H](O[C@H]2O[C@H](COCc3ccccc3)[C@@H](O[C@@H]3O[C@H](COC(=O)c4ccccc4)[C@@H](OC(=O)c4ccccc4)[C@H](OC(=O)c4ccccc4)[C@H]3OC(=O)c3ccccc3)[C@H](OCc3ccccc3)[C@H]2OCc2ccccc2)[C@H](OCc2ccccc2)[C@H]1OCc1ccccc1. The Balaban J connectivity index is 0.961. The van der Waals surface area contributed by atoms with Gasteiger partial charge < -0.3 is 75.8 Å². The summed E-state index contributed by atoms with van der Waals surface area (Å²) in [5, 5.41) is 0. The van der Waals surface area contributed by atoms with E-state index in [-0.39, 0.29) is 75.1 Å². The van der Waals surface area contributed by atoms with Crippen molar-refractivity contribution in [2.75, 3.05) is 26.9 Å². The Morgan fingerprint density at radius 2 is 0.514 bits per heavy atom. The van der Waals surface area contributed by atoms with Crippen LogP contribution in [0.25, 0.3) is 0 Å². The molecule has 3 aliphatic rings. The van der Waals surface area contributed by atoms with E-state index in [1.54, 1.807) is 116 Å². The summed E-state index contributed by atoms with van der Waals surface area (Å²) in [5.41, 5.74) is 5.45. The fourth-order valence-electron chi connectivity index (χ4n) is 13.1. The summed E-state index contributed by atoms with van der Waals surface area (Å²) >= 11 is 0. The minimum atomic E-state index is -1.88. The number of benzene rings is 10. The maximum atomic E-state index is 15.1. The maximum Gasteiger partial charge on any atom is 0.338 e.